The van der Waals surface area contributed by atoms with E-state index in [1.165, 1.54) is 0 Å². The van der Waals surface area contributed by atoms with E-state index in [-0.39, 0.29) is 16.9 Å². The number of rotatable bonds is 8. The van der Waals surface area contributed by atoms with Gasteiger partial charge in [0.1, 0.15) is 12.4 Å². The van der Waals surface area contributed by atoms with Crippen LogP contribution in [0.3, 0.4) is 0 Å². The molecule has 0 saturated carbocycles. The summed E-state index contributed by atoms with van der Waals surface area (Å²) in [7, 11) is 1.57. The van der Waals surface area contributed by atoms with Crippen molar-refractivity contribution in [1.29, 1.82) is 0 Å². The van der Waals surface area contributed by atoms with E-state index in [0.717, 1.165) is 0 Å². The molecule has 0 saturated heterocycles. The summed E-state index contributed by atoms with van der Waals surface area (Å²) < 4.78 is 10.9. The van der Waals surface area contributed by atoms with Crippen molar-refractivity contribution in [2.45, 2.75) is 6.92 Å². The fourth-order valence-corrected chi connectivity index (χ4v) is 2.53. The Hall–Kier alpha value is -2.97. The van der Waals surface area contributed by atoms with E-state index in [2.05, 4.69) is 16.0 Å². The van der Waals surface area contributed by atoms with E-state index in [1.807, 2.05) is 6.92 Å². The number of nitrogens with one attached hydrogen (secondary N) is 3. The summed E-state index contributed by atoms with van der Waals surface area (Å²) in [5.74, 6) is -0.104. The van der Waals surface area contributed by atoms with Crippen LogP contribution in [0.4, 0.5) is 5.69 Å². The van der Waals surface area contributed by atoms with E-state index in [1.54, 1.807) is 55.6 Å². The molecule has 0 unspecified atom stereocenters. The Balaban J connectivity index is 1.95. The van der Waals surface area contributed by atoms with Crippen molar-refractivity contribution in [2.75, 3.05) is 32.2 Å². The molecule has 0 fully saturated rings. The highest BCUT2D eigenvalue weighted by atomic mass is 32.1. The van der Waals surface area contributed by atoms with Gasteiger partial charge in [0, 0.05) is 24.9 Å². The van der Waals surface area contributed by atoms with Gasteiger partial charge >= 0.3 is 0 Å². The van der Waals surface area contributed by atoms with Crippen LogP contribution < -0.4 is 20.7 Å². The molecule has 0 radical (unpaired) electrons. The normalized spacial score (nSPS) is 10.1. The monoisotopic (exact) mass is 401 g/mol. The summed E-state index contributed by atoms with van der Waals surface area (Å²) in [5.41, 5.74) is 1.55. The van der Waals surface area contributed by atoms with Crippen LogP contribution in [0.25, 0.3) is 0 Å². The minimum absolute atomic E-state index is 0.141. The molecule has 28 heavy (non-hydrogen) atoms. The molecule has 0 aliphatic rings. The molecule has 0 spiro atoms. The van der Waals surface area contributed by atoms with Gasteiger partial charge < -0.3 is 20.1 Å². The van der Waals surface area contributed by atoms with Crippen LogP contribution in [-0.4, -0.2) is 43.8 Å². The lowest BCUT2D eigenvalue weighted by atomic mass is 10.2. The van der Waals surface area contributed by atoms with E-state index in [0.29, 0.717) is 42.4 Å². The van der Waals surface area contributed by atoms with Gasteiger partial charge in [-0.2, -0.15) is 0 Å². The van der Waals surface area contributed by atoms with Crippen molar-refractivity contribution in [1.82, 2.24) is 10.6 Å². The zero-order valence-electron chi connectivity index (χ0n) is 15.8. The summed E-state index contributed by atoms with van der Waals surface area (Å²) in [6.07, 6.45) is 0. The summed E-state index contributed by atoms with van der Waals surface area (Å²) in [6.45, 7) is 3.30. The predicted octanol–water partition coefficient (Wildman–Crippen LogP) is 2.59. The van der Waals surface area contributed by atoms with Crippen LogP contribution >= 0.6 is 12.2 Å². The first-order valence-corrected chi connectivity index (χ1v) is 9.20. The number of hydrogen-bond acceptors (Lipinski definition) is 5. The number of benzene rings is 2. The van der Waals surface area contributed by atoms with Gasteiger partial charge in [0.05, 0.1) is 12.2 Å². The van der Waals surface area contributed by atoms with E-state index in [9.17, 15) is 9.59 Å². The van der Waals surface area contributed by atoms with Crippen molar-refractivity contribution in [3.63, 3.8) is 0 Å². The molecule has 2 amide bonds. The second-order valence-electron chi connectivity index (χ2n) is 5.61. The molecule has 2 aromatic rings. The van der Waals surface area contributed by atoms with Crippen LogP contribution in [-0.2, 0) is 4.74 Å². The zero-order valence-corrected chi connectivity index (χ0v) is 16.6. The van der Waals surface area contributed by atoms with Gasteiger partial charge in [-0.15, -0.1) is 0 Å². The summed E-state index contributed by atoms with van der Waals surface area (Å²) >= 11 is 5.20. The molecule has 0 aliphatic heterocycles. The molecular formula is C20H23N3O4S. The first-order chi connectivity index (χ1) is 13.5. The van der Waals surface area contributed by atoms with E-state index < -0.39 is 0 Å². The topological polar surface area (TPSA) is 88.7 Å². The quantitative estimate of drug-likeness (QED) is 0.465. The second-order valence-corrected chi connectivity index (χ2v) is 6.01. The van der Waals surface area contributed by atoms with Crippen molar-refractivity contribution in [3.8, 4) is 5.75 Å². The van der Waals surface area contributed by atoms with Gasteiger partial charge in [0.25, 0.3) is 11.8 Å². The largest absolute Gasteiger partial charge is 0.490 e. The SMILES string of the molecule is CCOCCOc1ccccc1C(=O)NC(=S)Nc1ccc(C(=O)NC)cc1. The molecule has 2 rings (SSSR count). The third kappa shape index (κ3) is 6.33. The van der Waals surface area contributed by atoms with Crippen LogP contribution in [0.2, 0.25) is 0 Å². The maximum absolute atomic E-state index is 12.5. The number of thiocarbonyl (C=S) groups is 1. The highest BCUT2D eigenvalue weighted by Gasteiger charge is 2.14. The smallest absolute Gasteiger partial charge is 0.261 e. The molecular weight excluding hydrogens is 378 g/mol. The lowest BCUT2D eigenvalue weighted by molar-refractivity contribution is 0.0953. The Morgan fingerprint density at radius 2 is 1.71 bits per heavy atom. The molecule has 8 heteroatoms. The van der Waals surface area contributed by atoms with Crippen LogP contribution in [0, 0.1) is 0 Å². The lowest BCUT2D eigenvalue weighted by Gasteiger charge is -2.13. The van der Waals surface area contributed by atoms with Crippen molar-refractivity contribution in [2.24, 2.45) is 0 Å². The van der Waals surface area contributed by atoms with E-state index in [4.69, 9.17) is 21.7 Å². The predicted molar refractivity (Wildman–Crippen MR) is 112 cm³/mol. The van der Waals surface area contributed by atoms with Crippen LogP contribution in [0.1, 0.15) is 27.6 Å². The van der Waals surface area contributed by atoms with Gasteiger partial charge in [0.2, 0.25) is 0 Å². The molecule has 3 N–H and O–H groups in total. The Bertz CT molecular complexity index is 824. The fraction of sp³-hybridized carbons (Fsp3) is 0.250. The van der Waals surface area contributed by atoms with Gasteiger partial charge in [0.15, 0.2) is 5.11 Å². The number of amides is 2. The number of carbonyl (C=O) groups excluding carboxylic acids is 2. The van der Waals surface area contributed by atoms with Gasteiger partial charge in [-0.05, 0) is 55.5 Å². The Morgan fingerprint density at radius 3 is 2.39 bits per heavy atom. The first-order valence-electron chi connectivity index (χ1n) is 8.79. The summed E-state index contributed by atoms with van der Waals surface area (Å²) in [5, 5.41) is 8.23. The lowest BCUT2D eigenvalue weighted by Crippen LogP contribution is -2.34. The van der Waals surface area contributed by atoms with Crippen molar-refractivity contribution in [3.05, 3.63) is 59.7 Å². The molecule has 7 nitrogen and oxygen atoms in total. The van der Waals surface area contributed by atoms with Crippen LogP contribution in [0.5, 0.6) is 5.75 Å². The third-order valence-electron chi connectivity index (χ3n) is 3.68. The minimum Gasteiger partial charge on any atom is -0.490 e. The van der Waals surface area contributed by atoms with Gasteiger partial charge in [-0.3, -0.25) is 14.9 Å². The molecule has 2 aromatic carbocycles. The highest BCUT2D eigenvalue weighted by molar-refractivity contribution is 7.80. The number of carbonyl (C=O) groups is 2. The average Bonchev–Trinajstić information content (AvgIpc) is 2.71. The average molecular weight is 401 g/mol. The third-order valence-corrected chi connectivity index (χ3v) is 3.88. The molecule has 0 bridgehead atoms. The Morgan fingerprint density at radius 1 is 1.00 bits per heavy atom. The van der Waals surface area contributed by atoms with Crippen molar-refractivity contribution < 1.29 is 19.1 Å². The first kappa shape index (κ1) is 21.3. The standard InChI is InChI=1S/C20H23N3O4S/c1-3-26-12-13-27-17-7-5-4-6-16(17)19(25)23-20(28)22-15-10-8-14(9-11-15)18(24)21-2/h4-11H,3,12-13H2,1-2H3,(H,21,24)(H2,22,23,25,28). The number of anilines is 1. The Labute approximate surface area is 169 Å². The molecule has 0 atom stereocenters. The molecule has 148 valence electrons. The van der Waals surface area contributed by atoms with Gasteiger partial charge in [-0.1, -0.05) is 12.1 Å². The van der Waals surface area contributed by atoms with E-state index >= 15 is 0 Å². The fourth-order valence-electron chi connectivity index (χ4n) is 2.32. The maximum atomic E-state index is 12.5. The maximum Gasteiger partial charge on any atom is 0.261 e. The molecule has 0 aliphatic carbocycles. The van der Waals surface area contributed by atoms with Crippen LogP contribution in [0.15, 0.2) is 48.5 Å². The number of ether oxygens (including phenoxy) is 2. The Kier molecular flexibility index (Phi) is 8.38. The van der Waals surface area contributed by atoms with Gasteiger partial charge in [-0.25, -0.2) is 0 Å². The number of hydrogen-bond donors (Lipinski definition) is 3. The molecule has 0 aromatic heterocycles. The highest BCUT2D eigenvalue weighted by Crippen LogP contribution is 2.18. The second kappa shape index (κ2) is 11.0. The number of para-hydroxylation sites is 1. The minimum atomic E-state index is -0.383. The molecule has 0 heterocycles. The zero-order chi connectivity index (χ0) is 20.4. The summed E-state index contributed by atoms with van der Waals surface area (Å²) in [6, 6.07) is 13.6. The summed E-state index contributed by atoms with van der Waals surface area (Å²) in [4.78, 5) is 24.1. The van der Waals surface area contributed by atoms with Crippen molar-refractivity contribution >= 4 is 34.8 Å².